The van der Waals surface area contributed by atoms with Gasteiger partial charge in [-0.15, -0.1) is 0 Å². The van der Waals surface area contributed by atoms with E-state index in [9.17, 15) is 9.59 Å². The van der Waals surface area contributed by atoms with E-state index in [0.29, 0.717) is 35.4 Å². The third kappa shape index (κ3) is 4.86. The maximum Gasteiger partial charge on any atom is 0.319 e. The zero-order valence-corrected chi connectivity index (χ0v) is 17.9. The molecule has 0 saturated carbocycles. The van der Waals surface area contributed by atoms with Crippen molar-refractivity contribution in [2.75, 3.05) is 16.8 Å². The van der Waals surface area contributed by atoms with Gasteiger partial charge in [-0.2, -0.15) is 4.98 Å². The molecule has 1 fully saturated rings. The highest BCUT2D eigenvalue weighted by molar-refractivity contribution is 6.30. The van der Waals surface area contributed by atoms with E-state index in [4.69, 9.17) is 16.1 Å². The zero-order valence-electron chi connectivity index (χ0n) is 17.1. The van der Waals surface area contributed by atoms with Crippen molar-refractivity contribution in [3.05, 3.63) is 59.4 Å². The standard InChI is InChI=1S/C22H22ClN5O3/c1-13(2)24-22(30)25-17-8-6-14(7-9-17)20-26-21(31-27-20)15-10-19(29)28(12-15)18-5-3-4-16(23)11-18/h3-9,11,13,15H,10,12H2,1-2H3,(H2,24,25,30)/t15-/m0/s1. The molecule has 1 atom stereocenters. The van der Waals surface area contributed by atoms with Crippen LogP contribution in [0.2, 0.25) is 5.02 Å². The maximum absolute atomic E-state index is 12.5. The number of aromatic nitrogens is 2. The SMILES string of the molecule is CC(C)NC(=O)Nc1ccc(-c2noc([C@H]3CC(=O)N(c4cccc(Cl)c4)C3)n2)cc1. The predicted octanol–water partition coefficient (Wildman–Crippen LogP) is 4.44. The fraction of sp³-hybridized carbons (Fsp3) is 0.273. The first-order valence-electron chi connectivity index (χ1n) is 9.96. The van der Waals surface area contributed by atoms with Crippen LogP contribution in [0.25, 0.3) is 11.4 Å². The molecule has 1 aliphatic heterocycles. The molecule has 0 unspecified atom stereocenters. The Morgan fingerprint density at radius 2 is 2.00 bits per heavy atom. The predicted molar refractivity (Wildman–Crippen MR) is 118 cm³/mol. The van der Waals surface area contributed by atoms with Crippen LogP contribution in [0.4, 0.5) is 16.2 Å². The normalized spacial score (nSPS) is 16.1. The van der Waals surface area contributed by atoms with Gasteiger partial charge in [0.2, 0.25) is 17.6 Å². The molecule has 0 spiro atoms. The Labute approximate surface area is 184 Å². The van der Waals surface area contributed by atoms with Gasteiger partial charge in [0, 0.05) is 41.0 Å². The van der Waals surface area contributed by atoms with Crippen molar-refractivity contribution >= 4 is 34.9 Å². The van der Waals surface area contributed by atoms with Gasteiger partial charge in [-0.25, -0.2) is 4.79 Å². The second kappa shape index (κ2) is 8.77. The number of nitrogens with one attached hydrogen (secondary N) is 2. The molecule has 8 nitrogen and oxygen atoms in total. The molecule has 4 rings (SSSR count). The quantitative estimate of drug-likeness (QED) is 0.612. The summed E-state index contributed by atoms with van der Waals surface area (Å²) in [5.74, 6) is 0.656. The number of benzene rings is 2. The zero-order chi connectivity index (χ0) is 22.0. The Bertz CT molecular complexity index is 1100. The summed E-state index contributed by atoms with van der Waals surface area (Å²) < 4.78 is 5.45. The number of urea groups is 1. The summed E-state index contributed by atoms with van der Waals surface area (Å²) in [6.07, 6.45) is 0.294. The number of nitrogens with zero attached hydrogens (tertiary/aromatic N) is 3. The largest absolute Gasteiger partial charge is 0.339 e. The minimum absolute atomic E-state index is 0.0119. The Morgan fingerprint density at radius 1 is 1.23 bits per heavy atom. The lowest BCUT2D eigenvalue weighted by atomic mass is 10.1. The average Bonchev–Trinajstić information content (AvgIpc) is 3.35. The van der Waals surface area contributed by atoms with Crippen molar-refractivity contribution in [1.82, 2.24) is 15.5 Å². The Hall–Kier alpha value is -3.39. The highest BCUT2D eigenvalue weighted by Crippen LogP contribution is 2.33. The van der Waals surface area contributed by atoms with Crippen LogP contribution in [-0.4, -0.2) is 34.7 Å². The van der Waals surface area contributed by atoms with E-state index >= 15 is 0 Å². The second-order valence-electron chi connectivity index (χ2n) is 7.67. The van der Waals surface area contributed by atoms with E-state index in [1.54, 1.807) is 41.3 Å². The van der Waals surface area contributed by atoms with Gasteiger partial charge in [-0.1, -0.05) is 22.8 Å². The van der Waals surface area contributed by atoms with Crippen LogP contribution in [0.5, 0.6) is 0 Å². The highest BCUT2D eigenvalue weighted by Gasteiger charge is 2.35. The number of carbonyl (C=O) groups excluding carboxylic acids is 2. The smallest absolute Gasteiger partial charge is 0.319 e. The minimum Gasteiger partial charge on any atom is -0.339 e. The molecular weight excluding hydrogens is 418 g/mol. The van der Waals surface area contributed by atoms with E-state index in [1.807, 2.05) is 26.0 Å². The van der Waals surface area contributed by atoms with Gasteiger partial charge < -0.3 is 20.1 Å². The molecule has 2 heterocycles. The van der Waals surface area contributed by atoms with Gasteiger partial charge in [-0.05, 0) is 56.3 Å². The highest BCUT2D eigenvalue weighted by atomic mass is 35.5. The van der Waals surface area contributed by atoms with Crippen LogP contribution in [0, 0.1) is 0 Å². The molecule has 0 bridgehead atoms. The topological polar surface area (TPSA) is 100 Å². The van der Waals surface area contributed by atoms with Gasteiger partial charge in [0.25, 0.3) is 0 Å². The molecular formula is C22H22ClN5O3. The molecule has 3 aromatic rings. The van der Waals surface area contributed by atoms with Gasteiger partial charge in [-0.3, -0.25) is 4.79 Å². The number of hydrogen-bond acceptors (Lipinski definition) is 5. The maximum atomic E-state index is 12.5. The second-order valence-corrected chi connectivity index (χ2v) is 8.11. The first kappa shape index (κ1) is 20.9. The number of anilines is 2. The monoisotopic (exact) mass is 439 g/mol. The molecule has 2 N–H and O–H groups in total. The third-order valence-corrected chi connectivity index (χ3v) is 5.09. The molecule has 1 aromatic heterocycles. The van der Waals surface area contributed by atoms with E-state index in [1.165, 1.54) is 0 Å². The van der Waals surface area contributed by atoms with Crippen LogP contribution in [-0.2, 0) is 4.79 Å². The Kier molecular flexibility index (Phi) is 5.90. The summed E-state index contributed by atoms with van der Waals surface area (Å²) >= 11 is 6.05. The molecule has 0 radical (unpaired) electrons. The molecule has 2 aromatic carbocycles. The molecule has 31 heavy (non-hydrogen) atoms. The number of halogens is 1. The lowest BCUT2D eigenvalue weighted by Crippen LogP contribution is -2.34. The fourth-order valence-electron chi connectivity index (χ4n) is 3.42. The van der Waals surface area contributed by atoms with E-state index in [0.717, 1.165) is 11.3 Å². The first-order chi connectivity index (χ1) is 14.9. The van der Waals surface area contributed by atoms with Crippen LogP contribution in [0.1, 0.15) is 32.1 Å². The summed E-state index contributed by atoms with van der Waals surface area (Å²) in [6, 6.07) is 14.1. The van der Waals surface area contributed by atoms with E-state index in [2.05, 4.69) is 20.8 Å². The van der Waals surface area contributed by atoms with Crippen molar-refractivity contribution in [1.29, 1.82) is 0 Å². The van der Waals surface area contributed by atoms with Crippen LogP contribution in [0.3, 0.4) is 0 Å². The van der Waals surface area contributed by atoms with Crippen molar-refractivity contribution < 1.29 is 14.1 Å². The Balaban J connectivity index is 1.44. The fourth-order valence-corrected chi connectivity index (χ4v) is 3.60. The van der Waals surface area contributed by atoms with Gasteiger partial charge in [0.1, 0.15) is 0 Å². The van der Waals surface area contributed by atoms with Gasteiger partial charge >= 0.3 is 6.03 Å². The summed E-state index contributed by atoms with van der Waals surface area (Å²) in [5.41, 5.74) is 2.16. The van der Waals surface area contributed by atoms with Crippen LogP contribution < -0.4 is 15.5 Å². The van der Waals surface area contributed by atoms with Crippen molar-refractivity contribution in [2.24, 2.45) is 0 Å². The molecule has 0 aliphatic carbocycles. The van der Waals surface area contributed by atoms with Gasteiger partial charge in [0.05, 0.1) is 5.92 Å². The average molecular weight is 440 g/mol. The molecule has 160 valence electrons. The summed E-state index contributed by atoms with van der Waals surface area (Å²) in [4.78, 5) is 30.5. The van der Waals surface area contributed by atoms with Crippen molar-refractivity contribution in [3.63, 3.8) is 0 Å². The summed E-state index contributed by atoms with van der Waals surface area (Å²) in [7, 11) is 0. The van der Waals surface area contributed by atoms with E-state index in [-0.39, 0.29) is 23.9 Å². The number of amides is 3. The molecule has 1 aliphatic rings. The third-order valence-electron chi connectivity index (χ3n) is 4.86. The van der Waals surface area contributed by atoms with Crippen molar-refractivity contribution in [3.8, 4) is 11.4 Å². The van der Waals surface area contributed by atoms with Crippen molar-refractivity contribution in [2.45, 2.75) is 32.2 Å². The van der Waals surface area contributed by atoms with E-state index < -0.39 is 0 Å². The number of hydrogen-bond donors (Lipinski definition) is 2. The molecule has 1 saturated heterocycles. The molecule has 9 heteroatoms. The van der Waals surface area contributed by atoms with Crippen LogP contribution in [0.15, 0.2) is 53.1 Å². The Morgan fingerprint density at radius 3 is 2.71 bits per heavy atom. The number of rotatable bonds is 5. The minimum atomic E-state index is -0.264. The van der Waals surface area contributed by atoms with Crippen LogP contribution >= 0.6 is 11.6 Å². The first-order valence-corrected chi connectivity index (χ1v) is 10.3. The van der Waals surface area contributed by atoms with Gasteiger partial charge in [0.15, 0.2) is 0 Å². The lowest BCUT2D eigenvalue weighted by Gasteiger charge is -2.16. The summed E-state index contributed by atoms with van der Waals surface area (Å²) in [6.45, 7) is 4.24. The number of carbonyl (C=O) groups is 2. The summed E-state index contributed by atoms with van der Waals surface area (Å²) in [5, 5.41) is 10.2. The molecule has 3 amide bonds. The lowest BCUT2D eigenvalue weighted by molar-refractivity contribution is -0.117.